The zero-order valence-corrected chi connectivity index (χ0v) is 15.4. The summed E-state index contributed by atoms with van der Waals surface area (Å²) in [6.45, 7) is 3.74. The molecule has 2 N–H and O–H groups in total. The smallest absolute Gasteiger partial charge is 0.253 e. The van der Waals surface area contributed by atoms with E-state index in [0.29, 0.717) is 17.2 Å². The minimum atomic E-state index is -0.403. The van der Waals surface area contributed by atoms with E-state index in [1.807, 2.05) is 4.90 Å². The summed E-state index contributed by atoms with van der Waals surface area (Å²) >= 11 is 0. The summed E-state index contributed by atoms with van der Waals surface area (Å²) in [7, 11) is 0. The van der Waals surface area contributed by atoms with Gasteiger partial charge < -0.3 is 15.5 Å². The van der Waals surface area contributed by atoms with Gasteiger partial charge in [-0.05, 0) is 55.2 Å². The number of carbonyl (C=O) groups excluding carboxylic acids is 2. The number of piperidine rings is 1. The zero-order chi connectivity index (χ0) is 19.2. The zero-order valence-electron chi connectivity index (χ0n) is 15.4. The number of carbonyl (C=O) groups is 2. The molecule has 0 aromatic heterocycles. The van der Waals surface area contributed by atoms with E-state index >= 15 is 0 Å². The largest absolute Gasteiger partial charge is 0.374 e. The van der Waals surface area contributed by atoms with E-state index in [9.17, 15) is 14.0 Å². The van der Waals surface area contributed by atoms with Gasteiger partial charge in [0.15, 0.2) is 0 Å². The molecule has 5 nitrogen and oxygen atoms in total. The minimum absolute atomic E-state index is 0.0287. The lowest BCUT2D eigenvalue weighted by Gasteiger charge is -2.30. The van der Waals surface area contributed by atoms with Gasteiger partial charge in [-0.2, -0.15) is 0 Å². The Bertz CT molecular complexity index is 799. The van der Waals surface area contributed by atoms with Crippen LogP contribution in [0.25, 0.3) is 0 Å². The van der Waals surface area contributed by atoms with Crippen LogP contribution < -0.4 is 10.6 Å². The maximum Gasteiger partial charge on any atom is 0.253 e. The topological polar surface area (TPSA) is 61.4 Å². The second-order valence-corrected chi connectivity index (χ2v) is 6.93. The molecule has 1 heterocycles. The van der Waals surface area contributed by atoms with Crippen LogP contribution in [0, 0.1) is 11.7 Å². The maximum absolute atomic E-state index is 13.5. The van der Waals surface area contributed by atoms with Crippen molar-refractivity contribution >= 4 is 23.2 Å². The summed E-state index contributed by atoms with van der Waals surface area (Å²) in [6, 6.07) is 13.1. The molecule has 0 aliphatic carbocycles. The summed E-state index contributed by atoms with van der Waals surface area (Å²) in [6.07, 6.45) is 2.07. The lowest BCUT2D eigenvalue weighted by molar-refractivity contribution is -0.114. The van der Waals surface area contributed by atoms with Crippen molar-refractivity contribution in [2.45, 2.75) is 19.8 Å². The van der Waals surface area contributed by atoms with Crippen LogP contribution in [-0.2, 0) is 4.79 Å². The molecular formula is C21H24FN3O2. The first-order valence-corrected chi connectivity index (χ1v) is 9.20. The lowest BCUT2D eigenvalue weighted by atomic mass is 9.98. The molecule has 0 unspecified atom stereocenters. The van der Waals surface area contributed by atoms with Gasteiger partial charge in [-0.3, -0.25) is 9.59 Å². The molecule has 3 rings (SSSR count). The van der Waals surface area contributed by atoms with Crippen molar-refractivity contribution in [1.29, 1.82) is 0 Å². The number of amides is 2. The number of likely N-dealkylation sites (tertiary alicyclic amines) is 1. The highest BCUT2D eigenvalue weighted by Crippen LogP contribution is 2.19. The fourth-order valence-electron chi connectivity index (χ4n) is 3.08. The second-order valence-electron chi connectivity index (χ2n) is 6.93. The van der Waals surface area contributed by atoms with Gasteiger partial charge in [0.1, 0.15) is 5.82 Å². The van der Waals surface area contributed by atoms with Crippen molar-refractivity contribution in [1.82, 2.24) is 4.90 Å². The van der Waals surface area contributed by atoms with E-state index in [0.717, 1.165) is 25.9 Å². The van der Waals surface area contributed by atoms with Crippen LogP contribution in [0.1, 0.15) is 30.1 Å². The first-order chi connectivity index (χ1) is 13.0. The van der Waals surface area contributed by atoms with Gasteiger partial charge in [-0.15, -0.1) is 0 Å². The normalized spacial score (nSPS) is 14.7. The summed E-state index contributed by atoms with van der Waals surface area (Å²) in [5, 5.41) is 5.50. The van der Waals surface area contributed by atoms with Crippen molar-refractivity contribution < 1.29 is 14.0 Å². The van der Waals surface area contributed by atoms with Crippen molar-refractivity contribution in [3.63, 3.8) is 0 Å². The number of hydrogen-bond acceptors (Lipinski definition) is 3. The standard InChI is InChI=1S/C21H24FN3O2/c1-15-10-12-25(13-11-15)21(27)16-6-8-17(9-7-16)24-20(26)14-23-19-5-3-2-4-18(19)22/h2-9,15,23H,10-14H2,1H3,(H,24,26). The number of rotatable bonds is 5. The van der Waals surface area contributed by atoms with Crippen LogP contribution in [0.5, 0.6) is 0 Å². The Morgan fingerprint density at radius 2 is 1.74 bits per heavy atom. The van der Waals surface area contributed by atoms with E-state index in [2.05, 4.69) is 17.6 Å². The number of nitrogens with zero attached hydrogens (tertiary/aromatic N) is 1. The van der Waals surface area contributed by atoms with Crippen LogP contribution in [0.15, 0.2) is 48.5 Å². The Morgan fingerprint density at radius 3 is 2.41 bits per heavy atom. The Morgan fingerprint density at radius 1 is 1.07 bits per heavy atom. The molecule has 0 saturated carbocycles. The maximum atomic E-state index is 13.5. The Kier molecular flexibility index (Phi) is 6.06. The Labute approximate surface area is 158 Å². The molecule has 6 heteroatoms. The van der Waals surface area contributed by atoms with E-state index in [4.69, 9.17) is 0 Å². The predicted molar refractivity (Wildman–Crippen MR) is 104 cm³/mol. The quantitative estimate of drug-likeness (QED) is 0.844. The second kappa shape index (κ2) is 8.66. The SMILES string of the molecule is CC1CCN(C(=O)c2ccc(NC(=O)CNc3ccccc3F)cc2)CC1. The van der Waals surface area contributed by atoms with E-state index in [-0.39, 0.29) is 24.0 Å². The molecule has 0 spiro atoms. The van der Waals surface area contributed by atoms with Gasteiger partial charge in [-0.1, -0.05) is 19.1 Å². The van der Waals surface area contributed by atoms with Gasteiger partial charge >= 0.3 is 0 Å². The fraction of sp³-hybridized carbons (Fsp3) is 0.333. The van der Waals surface area contributed by atoms with Crippen LogP contribution in [0.3, 0.4) is 0 Å². The lowest BCUT2D eigenvalue weighted by Crippen LogP contribution is -2.37. The molecule has 0 radical (unpaired) electrons. The first kappa shape index (κ1) is 18.9. The molecule has 0 atom stereocenters. The number of para-hydroxylation sites is 1. The van der Waals surface area contributed by atoms with E-state index in [1.165, 1.54) is 6.07 Å². The summed E-state index contributed by atoms with van der Waals surface area (Å²) in [5.41, 5.74) is 1.50. The predicted octanol–water partition coefficient (Wildman–Crippen LogP) is 3.75. The molecule has 1 aliphatic heterocycles. The molecule has 1 saturated heterocycles. The van der Waals surface area contributed by atoms with Gasteiger partial charge in [0.2, 0.25) is 5.91 Å². The third-order valence-corrected chi connectivity index (χ3v) is 4.80. The van der Waals surface area contributed by atoms with Crippen molar-refractivity contribution in [2.75, 3.05) is 30.3 Å². The van der Waals surface area contributed by atoms with Gasteiger partial charge in [0.05, 0.1) is 12.2 Å². The Balaban J connectivity index is 1.52. The average molecular weight is 369 g/mol. The number of benzene rings is 2. The van der Waals surface area contributed by atoms with E-state index in [1.54, 1.807) is 42.5 Å². The number of halogens is 1. The third kappa shape index (κ3) is 5.06. The molecule has 2 amide bonds. The molecule has 142 valence electrons. The molecule has 27 heavy (non-hydrogen) atoms. The van der Waals surface area contributed by atoms with Crippen molar-refractivity contribution in [3.8, 4) is 0 Å². The number of hydrogen-bond donors (Lipinski definition) is 2. The highest BCUT2D eigenvalue weighted by Gasteiger charge is 2.21. The molecule has 2 aromatic rings. The fourth-order valence-corrected chi connectivity index (χ4v) is 3.08. The first-order valence-electron chi connectivity index (χ1n) is 9.20. The molecule has 1 aliphatic rings. The monoisotopic (exact) mass is 369 g/mol. The summed E-state index contributed by atoms with van der Waals surface area (Å²) in [4.78, 5) is 26.4. The van der Waals surface area contributed by atoms with Gasteiger partial charge in [0, 0.05) is 24.3 Å². The highest BCUT2D eigenvalue weighted by atomic mass is 19.1. The third-order valence-electron chi connectivity index (χ3n) is 4.80. The average Bonchev–Trinajstić information content (AvgIpc) is 2.68. The Hall–Kier alpha value is -2.89. The highest BCUT2D eigenvalue weighted by molar-refractivity contribution is 5.96. The van der Waals surface area contributed by atoms with Crippen LogP contribution in [0.4, 0.5) is 15.8 Å². The minimum Gasteiger partial charge on any atom is -0.374 e. The number of nitrogens with one attached hydrogen (secondary N) is 2. The van der Waals surface area contributed by atoms with Crippen molar-refractivity contribution in [2.24, 2.45) is 5.92 Å². The number of anilines is 2. The molecule has 1 fully saturated rings. The molecule has 2 aromatic carbocycles. The van der Waals surface area contributed by atoms with Crippen LogP contribution >= 0.6 is 0 Å². The molecule has 0 bridgehead atoms. The van der Waals surface area contributed by atoms with Crippen LogP contribution in [0.2, 0.25) is 0 Å². The van der Waals surface area contributed by atoms with Crippen molar-refractivity contribution in [3.05, 3.63) is 59.9 Å². The van der Waals surface area contributed by atoms with Crippen LogP contribution in [-0.4, -0.2) is 36.3 Å². The van der Waals surface area contributed by atoms with Gasteiger partial charge in [-0.25, -0.2) is 4.39 Å². The van der Waals surface area contributed by atoms with Gasteiger partial charge in [0.25, 0.3) is 5.91 Å². The summed E-state index contributed by atoms with van der Waals surface area (Å²) in [5.74, 6) is 0.00762. The molecular weight excluding hydrogens is 345 g/mol. The van der Waals surface area contributed by atoms with E-state index < -0.39 is 5.82 Å². The summed E-state index contributed by atoms with van der Waals surface area (Å²) < 4.78 is 13.5.